The molecule has 20 heavy (non-hydrogen) atoms. The Balaban J connectivity index is 2.94. The molecule has 0 radical (unpaired) electrons. The van der Waals surface area contributed by atoms with Crippen molar-refractivity contribution in [3.8, 4) is 11.5 Å². The third-order valence-corrected chi connectivity index (χ3v) is 3.65. The van der Waals surface area contributed by atoms with E-state index in [4.69, 9.17) is 11.6 Å². The number of nitrogens with zero attached hydrogens (tertiary/aromatic N) is 2. The molecule has 0 aliphatic carbocycles. The van der Waals surface area contributed by atoms with Gasteiger partial charge in [0.2, 0.25) is 0 Å². The Kier molecular flexibility index (Phi) is 3.76. The normalized spacial score (nSPS) is 11.2. The zero-order valence-corrected chi connectivity index (χ0v) is 11.9. The van der Waals surface area contributed by atoms with Crippen LogP contribution in [-0.2, 0) is 13.6 Å². The SMILES string of the molecule is CCCCn1c(=O)c2cc(O)c(O)c(Cl)c2c(=O)n1C. The summed E-state index contributed by atoms with van der Waals surface area (Å²) in [7, 11) is 1.47. The summed E-state index contributed by atoms with van der Waals surface area (Å²) in [6.07, 6.45) is 1.62. The number of unbranched alkanes of at least 4 members (excludes halogenated alkanes) is 1. The van der Waals surface area contributed by atoms with Gasteiger partial charge in [-0.25, -0.2) is 4.68 Å². The average molecular weight is 299 g/mol. The van der Waals surface area contributed by atoms with E-state index in [0.717, 1.165) is 18.9 Å². The van der Waals surface area contributed by atoms with Crippen LogP contribution in [0.3, 0.4) is 0 Å². The third-order valence-electron chi connectivity index (χ3n) is 3.28. The van der Waals surface area contributed by atoms with Gasteiger partial charge in [0.05, 0.1) is 15.8 Å². The fraction of sp³-hybridized carbons (Fsp3) is 0.385. The Morgan fingerprint density at radius 3 is 2.50 bits per heavy atom. The van der Waals surface area contributed by atoms with Gasteiger partial charge < -0.3 is 10.2 Å². The standard InChI is InChI=1S/C13H15ClN2O4/c1-3-4-5-16-12(19)7-6-8(17)11(18)10(14)9(7)13(20)15(16)2/h6,17-18H,3-5H2,1-2H3. The minimum atomic E-state index is -0.595. The van der Waals surface area contributed by atoms with Crippen molar-refractivity contribution >= 4 is 22.4 Å². The van der Waals surface area contributed by atoms with Crippen molar-refractivity contribution in [3.05, 3.63) is 31.8 Å². The van der Waals surface area contributed by atoms with Crippen molar-refractivity contribution in [2.45, 2.75) is 26.3 Å². The lowest BCUT2D eigenvalue weighted by Gasteiger charge is -2.14. The van der Waals surface area contributed by atoms with E-state index in [0.29, 0.717) is 6.54 Å². The maximum atomic E-state index is 12.4. The number of aromatic hydroxyl groups is 2. The molecule has 108 valence electrons. The molecule has 0 saturated heterocycles. The Labute approximate surface area is 119 Å². The van der Waals surface area contributed by atoms with Crippen molar-refractivity contribution in [1.82, 2.24) is 9.36 Å². The number of hydrogen-bond donors (Lipinski definition) is 2. The lowest BCUT2D eigenvalue weighted by atomic mass is 10.1. The lowest BCUT2D eigenvalue weighted by Crippen LogP contribution is -2.37. The Bertz CT molecular complexity index is 792. The topological polar surface area (TPSA) is 84.5 Å². The molecule has 1 aromatic carbocycles. The molecule has 2 aromatic rings. The number of halogens is 1. The van der Waals surface area contributed by atoms with Crippen molar-refractivity contribution in [2.75, 3.05) is 0 Å². The van der Waals surface area contributed by atoms with Crippen LogP contribution in [0.15, 0.2) is 15.7 Å². The van der Waals surface area contributed by atoms with Crippen LogP contribution in [0.25, 0.3) is 10.8 Å². The van der Waals surface area contributed by atoms with Gasteiger partial charge >= 0.3 is 0 Å². The molecule has 1 aromatic heterocycles. The highest BCUT2D eigenvalue weighted by molar-refractivity contribution is 6.37. The molecule has 2 N–H and O–H groups in total. The smallest absolute Gasteiger partial charge is 0.274 e. The first-order valence-electron chi connectivity index (χ1n) is 6.24. The van der Waals surface area contributed by atoms with E-state index in [1.165, 1.54) is 16.4 Å². The van der Waals surface area contributed by atoms with Gasteiger partial charge in [0.1, 0.15) is 0 Å². The van der Waals surface area contributed by atoms with Crippen LogP contribution in [0.2, 0.25) is 5.02 Å². The number of fused-ring (bicyclic) bond motifs is 1. The molecule has 2 rings (SSSR count). The van der Waals surface area contributed by atoms with Gasteiger partial charge in [-0.05, 0) is 12.5 Å². The van der Waals surface area contributed by atoms with Crippen molar-refractivity contribution in [2.24, 2.45) is 7.05 Å². The zero-order chi connectivity index (χ0) is 15.0. The second-order valence-electron chi connectivity index (χ2n) is 4.59. The molecule has 0 saturated carbocycles. The second-order valence-corrected chi connectivity index (χ2v) is 4.97. The first-order chi connectivity index (χ1) is 9.40. The summed E-state index contributed by atoms with van der Waals surface area (Å²) in [6.45, 7) is 2.38. The van der Waals surface area contributed by atoms with Gasteiger partial charge in [-0.2, -0.15) is 0 Å². The number of phenols is 2. The number of hydrogen-bond acceptors (Lipinski definition) is 4. The fourth-order valence-corrected chi connectivity index (χ4v) is 2.39. The van der Waals surface area contributed by atoms with E-state index in [9.17, 15) is 19.8 Å². The van der Waals surface area contributed by atoms with Crippen LogP contribution in [0, 0.1) is 0 Å². The van der Waals surface area contributed by atoms with Crippen LogP contribution in [0.1, 0.15) is 19.8 Å². The molecule has 0 amide bonds. The van der Waals surface area contributed by atoms with E-state index in [2.05, 4.69) is 0 Å². The maximum Gasteiger partial charge on any atom is 0.274 e. The molecule has 7 heteroatoms. The summed E-state index contributed by atoms with van der Waals surface area (Å²) in [6, 6.07) is 1.07. The molecule has 0 bridgehead atoms. The summed E-state index contributed by atoms with van der Waals surface area (Å²) in [5.74, 6) is -1.11. The highest BCUT2D eigenvalue weighted by Crippen LogP contribution is 2.36. The summed E-state index contributed by atoms with van der Waals surface area (Å²) in [5.41, 5.74) is -0.913. The van der Waals surface area contributed by atoms with Crippen LogP contribution >= 0.6 is 11.6 Å². The van der Waals surface area contributed by atoms with Crippen LogP contribution in [0.5, 0.6) is 11.5 Å². The average Bonchev–Trinajstić information content (AvgIpc) is 2.42. The van der Waals surface area contributed by atoms with Gasteiger partial charge in [0, 0.05) is 13.6 Å². The quantitative estimate of drug-likeness (QED) is 0.842. The first-order valence-corrected chi connectivity index (χ1v) is 6.62. The minimum Gasteiger partial charge on any atom is -0.504 e. The second kappa shape index (κ2) is 5.20. The van der Waals surface area contributed by atoms with E-state index in [1.807, 2.05) is 6.92 Å². The van der Waals surface area contributed by atoms with Gasteiger partial charge in [-0.15, -0.1) is 0 Å². The van der Waals surface area contributed by atoms with Gasteiger partial charge in [0.25, 0.3) is 11.1 Å². The van der Waals surface area contributed by atoms with Crippen molar-refractivity contribution in [3.63, 3.8) is 0 Å². The summed E-state index contributed by atoms with van der Waals surface area (Å²) in [4.78, 5) is 24.6. The molecular weight excluding hydrogens is 284 g/mol. The highest BCUT2D eigenvalue weighted by atomic mass is 35.5. The predicted molar refractivity (Wildman–Crippen MR) is 76.7 cm³/mol. The first kappa shape index (κ1) is 14.5. The molecule has 0 spiro atoms. The summed E-state index contributed by atoms with van der Waals surface area (Å²) >= 11 is 5.87. The highest BCUT2D eigenvalue weighted by Gasteiger charge is 2.18. The molecule has 0 aliphatic rings. The number of aromatic nitrogens is 2. The Morgan fingerprint density at radius 1 is 1.25 bits per heavy atom. The third kappa shape index (κ3) is 2.06. The van der Waals surface area contributed by atoms with Gasteiger partial charge in [-0.3, -0.25) is 14.3 Å². The minimum absolute atomic E-state index is 0.00417. The number of benzene rings is 1. The zero-order valence-electron chi connectivity index (χ0n) is 11.2. The lowest BCUT2D eigenvalue weighted by molar-refractivity contribution is 0.404. The van der Waals surface area contributed by atoms with E-state index in [-0.39, 0.29) is 15.8 Å². The summed E-state index contributed by atoms with van der Waals surface area (Å²) in [5, 5.41) is 18.8. The summed E-state index contributed by atoms with van der Waals surface area (Å²) < 4.78 is 2.49. The monoisotopic (exact) mass is 298 g/mol. The van der Waals surface area contributed by atoms with E-state index < -0.39 is 22.6 Å². The molecular formula is C13H15ClN2O4. The Hall–Kier alpha value is -1.95. The van der Waals surface area contributed by atoms with Gasteiger partial charge in [-0.1, -0.05) is 24.9 Å². The van der Waals surface area contributed by atoms with Gasteiger partial charge in [0.15, 0.2) is 11.5 Å². The predicted octanol–water partition coefficient (Wildman–Crippen LogP) is 1.56. The number of rotatable bonds is 3. The fourth-order valence-electron chi connectivity index (χ4n) is 2.11. The van der Waals surface area contributed by atoms with Crippen molar-refractivity contribution < 1.29 is 10.2 Å². The van der Waals surface area contributed by atoms with E-state index >= 15 is 0 Å². The largest absolute Gasteiger partial charge is 0.504 e. The van der Waals surface area contributed by atoms with Crippen molar-refractivity contribution in [1.29, 1.82) is 0 Å². The van der Waals surface area contributed by atoms with E-state index in [1.54, 1.807) is 0 Å². The van der Waals surface area contributed by atoms with Crippen LogP contribution < -0.4 is 11.1 Å². The molecule has 0 fully saturated rings. The molecule has 6 nitrogen and oxygen atoms in total. The number of phenolic OH excluding ortho intramolecular Hbond substituents is 2. The van der Waals surface area contributed by atoms with Crippen LogP contribution in [0.4, 0.5) is 0 Å². The molecule has 1 heterocycles. The van der Waals surface area contributed by atoms with Crippen LogP contribution in [-0.4, -0.2) is 19.6 Å². The maximum absolute atomic E-state index is 12.4. The molecule has 0 aliphatic heterocycles. The molecule has 0 atom stereocenters. The Morgan fingerprint density at radius 2 is 1.90 bits per heavy atom. The molecule has 0 unspecified atom stereocenters.